The molecule has 0 bridgehead atoms. The van der Waals surface area contributed by atoms with Gasteiger partial charge in [-0.1, -0.05) is 20.3 Å². The molecule has 0 nitrogen and oxygen atoms in total. The Balaban J connectivity index is 2.27. The van der Waals surface area contributed by atoms with Gasteiger partial charge >= 0.3 is 0 Å². The molecule has 1 aliphatic carbocycles. The molecule has 0 aliphatic heterocycles. The normalized spacial score (nSPS) is 35.1. The monoisotopic (exact) mass is 158 g/mol. The van der Waals surface area contributed by atoms with Crippen LogP contribution in [0.2, 0.25) is 0 Å². The fraction of sp³-hybridized carbons (Fsp3) is 1.00. The fourth-order valence-electron chi connectivity index (χ4n) is 1.87. The third kappa shape index (κ3) is 1.50. The maximum atomic E-state index is 4.34. The highest BCUT2D eigenvalue weighted by atomic mass is 32.1. The Bertz CT molecular complexity index is 92.1. The van der Waals surface area contributed by atoms with Gasteiger partial charge in [-0.25, -0.2) is 0 Å². The van der Waals surface area contributed by atoms with Crippen LogP contribution in [0.1, 0.15) is 33.1 Å². The van der Waals surface area contributed by atoms with Crippen molar-refractivity contribution in [3.8, 4) is 0 Å². The van der Waals surface area contributed by atoms with Crippen LogP contribution in [-0.4, -0.2) is 5.75 Å². The lowest BCUT2D eigenvalue weighted by Crippen LogP contribution is -2.32. The van der Waals surface area contributed by atoms with Gasteiger partial charge in [0, 0.05) is 0 Å². The minimum absolute atomic E-state index is 0.936. The summed E-state index contributed by atoms with van der Waals surface area (Å²) in [5.41, 5.74) is 0. The fourth-order valence-corrected chi connectivity index (χ4v) is 2.33. The van der Waals surface area contributed by atoms with E-state index in [-0.39, 0.29) is 0 Å². The van der Waals surface area contributed by atoms with Crippen molar-refractivity contribution in [1.82, 2.24) is 0 Å². The van der Waals surface area contributed by atoms with E-state index in [1.54, 1.807) is 0 Å². The molecule has 0 amide bonds. The van der Waals surface area contributed by atoms with Gasteiger partial charge in [0.15, 0.2) is 0 Å². The molecule has 0 aromatic rings. The van der Waals surface area contributed by atoms with E-state index in [1.807, 2.05) is 0 Å². The van der Waals surface area contributed by atoms with Crippen molar-refractivity contribution in [1.29, 1.82) is 0 Å². The van der Waals surface area contributed by atoms with E-state index in [2.05, 4.69) is 26.5 Å². The first kappa shape index (κ1) is 8.45. The SMILES string of the molecule is CCC(C)C1CCC1CS. The highest BCUT2D eigenvalue weighted by Crippen LogP contribution is 2.41. The number of thiol groups is 1. The number of hydrogen-bond acceptors (Lipinski definition) is 1. The van der Waals surface area contributed by atoms with E-state index in [9.17, 15) is 0 Å². The lowest BCUT2D eigenvalue weighted by atomic mass is 9.68. The quantitative estimate of drug-likeness (QED) is 0.600. The molecule has 1 fully saturated rings. The van der Waals surface area contributed by atoms with Crippen molar-refractivity contribution in [2.75, 3.05) is 5.75 Å². The molecule has 0 spiro atoms. The van der Waals surface area contributed by atoms with E-state index >= 15 is 0 Å². The van der Waals surface area contributed by atoms with Crippen molar-refractivity contribution < 1.29 is 0 Å². The number of rotatable bonds is 3. The van der Waals surface area contributed by atoms with Crippen molar-refractivity contribution in [2.45, 2.75) is 33.1 Å². The van der Waals surface area contributed by atoms with Gasteiger partial charge in [0.05, 0.1) is 0 Å². The molecule has 0 heterocycles. The van der Waals surface area contributed by atoms with Crippen molar-refractivity contribution >= 4 is 12.6 Å². The van der Waals surface area contributed by atoms with Gasteiger partial charge < -0.3 is 0 Å². The van der Waals surface area contributed by atoms with E-state index in [1.165, 1.54) is 19.3 Å². The molecular weight excluding hydrogens is 140 g/mol. The van der Waals surface area contributed by atoms with E-state index < -0.39 is 0 Å². The first-order valence-corrected chi connectivity index (χ1v) is 5.03. The molecule has 0 saturated heterocycles. The maximum Gasteiger partial charge on any atom is -0.00668 e. The third-order valence-corrected chi connectivity index (χ3v) is 3.55. The summed E-state index contributed by atoms with van der Waals surface area (Å²) in [5, 5.41) is 0. The first-order valence-electron chi connectivity index (χ1n) is 4.40. The first-order chi connectivity index (χ1) is 4.79. The Morgan fingerprint density at radius 1 is 1.50 bits per heavy atom. The molecule has 1 aliphatic rings. The van der Waals surface area contributed by atoms with Crippen LogP contribution in [0.25, 0.3) is 0 Å². The molecule has 1 rings (SSSR count). The predicted octanol–water partition coefficient (Wildman–Crippen LogP) is 2.99. The second-order valence-electron chi connectivity index (χ2n) is 3.57. The summed E-state index contributed by atoms with van der Waals surface area (Å²) < 4.78 is 0. The zero-order chi connectivity index (χ0) is 7.56. The average molecular weight is 158 g/mol. The zero-order valence-corrected chi connectivity index (χ0v) is 7.90. The summed E-state index contributed by atoms with van der Waals surface area (Å²) in [6.45, 7) is 4.67. The van der Waals surface area contributed by atoms with Gasteiger partial charge in [-0.3, -0.25) is 0 Å². The molecule has 3 unspecified atom stereocenters. The average Bonchev–Trinajstić information content (AvgIpc) is 1.86. The minimum atomic E-state index is 0.936. The molecular formula is C9H18S. The summed E-state index contributed by atoms with van der Waals surface area (Å²) in [7, 11) is 0. The molecule has 0 aromatic carbocycles. The van der Waals surface area contributed by atoms with Gasteiger partial charge in [-0.05, 0) is 36.3 Å². The smallest absolute Gasteiger partial charge is 0.00668 e. The highest BCUT2D eigenvalue weighted by molar-refractivity contribution is 7.80. The summed E-state index contributed by atoms with van der Waals surface area (Å²) in [5.74, 6) is 3.99. The Kier molecular flexibility index (Phi) is 3.09. The van der Waals surface area contributed by atoms with E-state index in [0.29, 0.717) is 0 Å². The summed E-state index contributed by atoms with van der Waals surface area (Å²) in [6.07, 6.45) is 4.23. The molecule has 3 atom stereocenters. The van der Waals surface area contributed by atoms with Crippen LogP contribution >= 0.6 is 12.6 Å². The predicted molar refractivity (Wildman–Crippen MR) is 49.5 cm³/mol. The van der Waals surface area contributed by atoms with Crippen LogP contribution in [0.5, 0.6) is 0 Å². The minimum Gasteiger partial charge on any atom is -0.179 e. The lowest BCUT2D eigenvalue weighted by molar-refractivity contribution is 0.130. The lowest BCUT2D eigenvalue weighted by Gasteiger charge is -2.39. The zero-order valence-electron chi connectivity index (χ0n) is 7.01. The second-order valence-corrected chi connectivity index (χ2v) is 3.93. The molecule has 1 saturated carbocycles. The van der Waals surface area contributed by atoms with Gasteiger partial charge in [-0.2, -0.15) is 12.6 Å². The van der Waals surface area contributed by atoms with Gasteiger partial charge in [0.1, 0.15) is 0 Å². The molecule has 60 valence electrons. The van der Waals surface area contributed by atoms with Crippen molar-refractivity contribution in [3.05, 3.63) is 0 Å². The van der Waals surface area contributed by atoms with Crippen LogP contribution in [0.3, 0.4) is 0 Å². The molecule has 0 N–H and O–H groups in total. The molecule has 1 heteroatoms. The standard InChI is InChI=1S/C9H18S/c1-3-7(2)9-5-4-8(9)6-10/h7-10H,3-6H2,1-2H3. The van der Waals surface area contributed by atoms with Gasteiger partial charge in [0.25, 0.3) is 0 Å². The highest BCUT2D eigenvalue weighted by Gasteiger charge is 2.32. The summed E-state index contributed by atoms with van der Waals surface area (Å²) >= 11 is 4.34. The van der Waals surface area contributed by atoms with Crippen molar-refractivity contribution in [3.63, 3.8) is 0 Å². The Morgan fingerprint density at radius 2 is 2.20 bits per heavy atom. The van der Waals surface area contributed by atoms with Crippen molar-refractivity contribution in [2.24, 2.45) is 17.8 Å². The number of hydrogen-bond donors (Lipinski definition) is 1. The van der Waals surface area contributed by atoms with Crippen LogP contribution in [0.15, 0.2) is 0 Å². The summed E-state index contributed by atoms with van der Waals surface area (Å²) in [6, 6.07) is 0. The van der Waals surface area contributed by atoms with Crippen LogP contribution in [0, 0.1) is 17.8 Å². The molecule has 0 radical (unpaired) electrons. The van der Waals surface area contributed by atoms with E-state index in [0.717, 1.165) is 23.5 Å². The van der Waals surface area contributed by atoms with Crippen LogP contribution < -0.4 is 0 Å². The largest absolute Gasteiger partial charge is 0.179 e. The molecule has 0 aromatic heterocycles. The van der Waals surface area contributed by atoms with Gasteiger partial charge in [-0.15, -0.1) is 0 Å². The third-order valence-electron chi connectivity index (χ3n) is 3.09. The Hall–Kier alpha value is 0.350. The summed E-state index contributed by atoms with van der Waals surface area (Å²) in [4.78, 5) is 0. The van der Waals surface area contributed by atoms with Crippen LogP contribution in [-0.2, 0) is 0 Å². The maximum absolute atomic E-state index is 4.34. The Morgan fingerprint density at radius 3 is 2.50 bits per heavy atom. The van der Waals surface area contributed by atoms with Gasteiger partial charge in [0.2, 0.25) is 0 Å². The molecule has 10 heavy (non-hydrogen) atoms. The van der Waals surface area contributed by atoms with E-state index in [4.69, 9.17) is 0 Å². The second kappa shape index (κ2) is 3.66. The topological polar surface area (TPSA) is 0 Å². The Labute approximate surface area is 69.8 Å². The van der Waals surface area contributed by atoms with Crippen LogP contribution in [0.4, 0.5) is 0 Å².